The van der Waals surface area contributed by atoms with Crippen LogP contribution in [0, 0.1) is 0 Å². The summed E-state index contributed by atoms with van der Waals surface area (Å²) in [7, 11) is 0. The highest BCUT2D eigenvalue weighted by Crippen LogP contribution is 2.35. The van der Waals surface area contributed by atoms with Crippen molar-refractivity contribution in [2.24, 2.45) is 0 Å². The molecule has 0 spiro atoms. The number of ether oxygens (including phenoxy) is 1. The van der Waals surface area contributed by atoms with Crippen LogP contribution in [0.1, 0.15) is 43.5 Å². The minimum absolute atomic E-state index is 0.127. The van der Waals surface area contributed by atoms with Gasteiger partial charge < -0.3 is 4.74 Å². The maximum atomic E-state index is 12.7. The third-order valence-corrected chi connectivity index (χ3v) is 3.93. The van der Waals surface area contributed by atoms with E-state index in [1.165, 1.54) is 5.56 Å². The van der Waals surface area contributed by atoms with Gasteiger partial charge in [-0.1, -0.05) is 24.3 Å². The van der Waals surface area contributed by atoms with E-state index in [-0.39, 0.29) is 12.1 Å². The van der Waals surface area contributed by atoms with Crippen LogP contribution in [0.25, 0.3) is 0 Å². The fraction of sp³-hybridized carbons (Fsp3) is 0.368. The van der Waals surface area contributed by atoms with Gasteiger partial charge in [-0.2, -0.15) is 0 Å². The Balaban J connectivity index is 2.01. The number of rotatable bonds is 1. The van der Waals surface area contributed by atoms with E-state index in [2.05, 4.69) is 17.1 Å². The molecule has 0 saturated heterocycles. The first-order valence-electron chi connectivity index (χ1n) is 7.93. The Bertz CT molecular complexity index is 692. The molecule has 4 heteroatoms. The van der Waals surface area contributed by atoms with Crippen molar-refractivity contribution in [1.29, 1.82) is 0 Å². The molecule has 120 valence electrons. The van der Waals surface area contributed by atoms with Crippen LogP contribution >= 0.6 is 0 Å². The molecule has 3 rings (SSSR count). The quantitative estimate of drug-likeness (QED) is 0.800. The number of carbonyl (C=O) groups is 1. The minimum atomic E-state index is -0.503. The van der Waals surface area contributed by atoms with Gasteiger partial charge in [0.1, 0.15) is 5.60 Å². The first-order valence-corrected chi connectivity index (χ1v) is 7.93. The molecular weight excluding hydrogens is 288 g/mol. The van der Waals surface area contributed by atoms with Crippen molar-refractivity contribution in [1.82, 2.24) is 9.88 Å². The number of amides is 1. The molecule has 0 saturated carbocycles. The zero-order chi connectivity index (χ0) is 16.4. The fourth-order valence-electron chi connectivity index (χ4n) is 2.99. The average Bonchev–Trinajstić information content (AvgIpc) is 2.53. The molecule has 1 aromatic heterocycles. The van der Waals surface area contributed by atoms with Crippen molar-refractivity contribution in [2.45, 2.75) is 38.8 Å². The van der Waals surface area contributed by atoms with Gasteiger partial charge in [0.2, 0.25) is 0 Å². The summed E-state index contributed by atoms with van der Waals surface area (Å²) in [5.41, 5.74) is 3.00. The summed E-state index contributed by atoms with van der Waals surface area (Å²) < 4.78 is 5.62. The first-order chi connectivity index (χ1) is 11.0. The molecular formula is C19H22N2O2. The maximum Gasteiger partial charge on any atom is 0.411 e. The Morgan fingerprint density at radius 3 is 2.57 bits per heavy atom. The molecule has 0 aliphatic carbocycles. The monoisotopic (exact) mass is 310 g/mol. The molecule has 1 unspecified atom stereocenters. The molecule has 0 fully saturated rings. The number of benzene rings is 1. The first kappa shape index (κ1) is 15.5. The zero-order valence-corrected chi connectivity index (χ0v) is 13.8. The number of hydrogen-bond acceptors (Lipinski definition) is 3. The lowest BCUT2D eigenvalue weighted by Gasteiger charge is -2.38. The van der Waals surface area contributed by atoms with Crippen LogP contribution in [-0.2, 0) is 11.2 Å². The predicted octanol–water partition coefficient (Wildman–Crippen LogP) is 3.96. The second-order valence-corrected chi connectivity index (χ2v) is 6.81. The van der Waals surface area contributed by atoms with Crippen molar-refractivity contribution in [2.75, 3.05) is 6.54 Å². The lowest BCUT2D eigenvalue weighted by molar-refractivity contribution is 0.0178. The van der Waals surface area contributed by atoms with Gasteiger partial charge in [-0.05, 0) is 56.0 Å². The Morgan fingerprint density at radius 1 is 1.17 bits per heavy atom. The number of aromatic nitrogens is 1. The van der Waals surface area contributed by atoms with Crippen molar-refractivity contribution >= 4 is 6.09 Å². The van der Waals surface area contributed by atoms with E-state index in [9.17, 15) is 4.79 Å². The van der Waals surface area contributed by atoms with E-state index in [1.54, 1.807) is 12.4 Å². The average molecular weight is 310 g/mol. The number of nitrogens with zero attached hydrogens (tertiary/aromatic N) is 2. The Kier molecular flexibility index (Phi) is 4.07. The summed E-state index contributed by atoms with van der Waals surface area (Å²) in [6.07, 6.45) is 4.10. The highest BCUT2D eigenvalue weighted by atomic mass is 16.6. The lowest BCUT2D eigenvalue weighted by atomic mass is 9.89. The molecule has 1 amide bonds. The summed E-state index contributed by atoms with van der Waals surface area (Å²) in [6, 6.07) is 12.1. The Morgan fingerprint density at radius 2 is 1.87 bits per heavy atom. The molecule has 2 heterocycles. The van der Waals surface area contributed by atoms with Gasteiger partial charge in [-0.15, -0.1) is 0 Å². The van der Waals surface area contributed by atoms with Crippen LogP contribution in [-0.4, -0.2) is 28.1 Å². The van der Waals surface area contributed by atoms with Gasteiger partial charge in [-0.3, -0.25) is 9.88 Å². The number of carbonyl (C=O) groups excluding carboxylic acids is 1. The molecule has 0 radical (unpaired) electrons. The summed E-state index contributed by atoms with van der Waals surface area (Å²) in [5, 5.41) is 0. The highest BCUT2D eigenvalue weighted by Gasteiger charge is 2.34. The third-order valence-electron chi connectivity index (χ3n) is 3.93. The van der Waals surface area contributed by atoms with Crippen LogP contribution in [0.5, 0.6) is 0 Å². The topological polar surface area (TPSA) is 42.4 Å². The Hall–Kier alpha value is -2.36. The Labute approximate surface area is 137 Å². The van der Waals surface area contributed by atoms with Crippen LogP contribution in [0.3, 0.4) is 0 Å². The van der Waals surface area contributed by atoms with Crippen LogP contribution in [0.2, 0.25) is 0 Å². The maximum absolute atomic E-state index is 12.7. The van der Waals surface area contributed by atoms with Crippen molar-refractivity contribution in [3.8, 4) is 0 Å². The molecule has 2 aromatic rings. The molecule has 1 atom stereocenters. The fourth-order valence-corrected chi connectivity index (χ4v) is 2.99. The van der Waals surface area contributed by atoms with E-state index in [4.69, 9.17) is 4.74 Å². The molecule has 1 aromatic carbocycles. The van der Waals surface area contributed by atoms with Gasteiger partial charge in [0.15, 0.2) is 0 Å². The molecule has 23 heavy (non-hydrogen) atoms. The molecule has 0 bridgehead atoms. The van der Waals surface area contributed by atoms with Gasteiger partial charge in [0.05, 0.1) is 6.04 Å². The van der Waals surface area contributed by atoms with Gasteiger partial charge in [-0.25, -0.2) is 4.79 Å². The SMILES string of the molecule is CC(C)(C)OC(=O)N1CCc2ccccc2C1c1ccncc1. The summed E-state index contributed by atoms with van der Waals surface area (Å²) in [6.45, 7) is 6.33. The van der Waals surface area contributed by atoms with E-state index >= 15 is 0 Å². The lowest BCUT2D eigenvalue weighted by Crippen LogP contribution is -2.43. The molecule has 0 N–H and O–H groups in total. The van der Waals surface area contributed by atoms with Crippen LogP contribution in [0.15, 0.2) is 48.8 Å². The number of pyridine rings is 1. The second-order valence-electron chi connectivity index (χ2n) is 6.81. The number of hydrogen-bond donors (Lipinski definition) is 0. The number of fused-ring (bicyclic) bond motifs is 1. The standard InChI is InChI=1S/C19H22N2O2/c1-19(2,3)23-18(22)21-13-10-14-6-4-5-7-16(14)17(21)15-8-11-20-12-9-15/h4-9,11-12,17H,10,13H2,1-3H3. The van der Waals surface area contributed by atoms with Crippen molar-refractivity contribution in [3.63, 3.8) is 0 Å². The van der Waals surface area contributed by atoms with Crippen LogP contribution in [0.4, 0.5) is 4.79 Å². The highest BCUT2D eigenvalue weighted by molar-refractivity contribution is 5.70. The summed E-state index contributed by atoms with van der Waals surface area (Å²) in [4.78, 5) is 18.6. The zero-order valence-electron chi connectivity index (χ0n) is 13.8. The molecule has 4 nitrogen and oxygen atoms in total. The predicted molar refractivity (Wildman–Crippen MR) is 89.2 cm³/mol. The molecule has 1 aliphatic heterocycles. The molecule has 1 aliphatic rings. The van der Waals surface area contributed by atoms with E-state index in [0.29, 0.717) is 6.54 Å². The van der Waals surface area contributed by atoms with Gasteiger partial charge >= 0.3 is 6.09 Å². The van der Waals surface area contributed by atoms with Crippen molar-refractivity contribution in [3.05, 3.63) is 65.5 Å². The smallest absolute Gasteiger partial charge is 0.411 e. The van der Waals surface area contributed by atoms with Crippen LogP contribution < -0.4 is 0 Å². The second kappa shape index (κ2) is 6.03. The summed E-state index contributed by atoms with van der Waals surface area (Å²) >= 11 is 0. The van der Waals surface area contributed by atoms with E-state index < -0.39 is 5.60 Å². The van der Waals surface area contributed by atoms with Gasteiger partial charge in [0.25, 0.3) is 0 Å². The third kappa shape index (κ3) is 3.36. The van der Waals surface area contributed by atoms with Crippen molar-refractivity contribution < 1.29 is 9.53 Å². The normalized spacial score (nSPS) is 17.5. The van der Waals surface area contributed by atoms with E-state index in [1.807, 2.05) is 49.9 Å². The largest absolute Gasteiger partial charge is 0.444 e. The minimum Gasteiger partial charge on any atom is -0.444 e. The van der Waals surface area contributed by atoms with E-state index in [0.717, 1.165) is 17.5 Å². The van der Waals surface area contributed by atoms with Gasteiger partial charge in [0, 0.05) is 18.9 Å². The summed E-state index contributed by atoms with van der Waals surface area (Å²) in [5.74, 6) is 0.